The van der Waals surface area contributed by atoms with Gasteiger partial charge in [0, 0.05) is 19.0 Å². The lowest BCUT2D eigenvalue weighted by atomic mass is 9.77. The summed E-state index contributed by atoms with van der Waals surface area (Å²) in [5, 5.41) is 5.64. The van der Waals surface area contributed by atoms with Crippen LogP contribution in [0, 0.1) is 11.8 Å². The van der Waals surface area contributed by atoms with Crippen LogP contribution in [0.15, 0.2) is 12.2 Å². The van der Waals surface area contributed by atoms with Crippen molar-refractivity contribution in [2.45, 2.75) is 90.4 Å². The van der Waals surface area contributed by atoms with E-state index in [-0.39, 0.29) is 12.0 Å². The van der Waals surface area contributed by atoms with Crippen LogP contribution in [0.25, 0.3) is 0 Å². The van der Waals surface area contributed by atoms with Crippen molar-refractivity contribution in [3.05, 3.63) is 12.2 Å². The number of amides is 2. The van der Waals surface area contributed by atoms with Crippen LogP contribution in [-0.4, -0.2) is 43.4 Å². The number of fused-ring (bicyclic) bond motifs is 2. The van der Waals surface area contributed by atoms with Crippen molar-refractivity contribution in [3.8, 4) is 0 Å². The first-order valence-electron chi connectivity index (χ1n) is 11.1. The molecular formula is C22H38N2O4. The molecule has 28 heavy (non-hydrogen) atoms. The maximum Gasteiger partial charge on any atom is 0.407 e. The Morgan fingerprint density at radius 3 is 2.50 bits per heavy atom. The van der Waals surface area contributed by atoms with Gasteiger partial charge in [-0.3, -0.25) is 4.79 Å². The van der Waals surface area contributed by atoms with Crippen molar-refractivity contribution in [1.29, 1.82) is 0 Å². The van der Waals surface area contributed by atoms with Gasteiger partial charge in [-0.05, 0) is 44.9 Å². The summed E-state index contributed by atoms with van der Waals surface area (Å²) in [6.07, 6.45) is 12.5. The van der Waals surface area contributed by atoms with E-state index in [0.717, 1.165) is 38.5 Å². The van der Waals surface area contributed by atoms with Gasteiger partial charge in [0.15, 0.2) is 6.10 Å². The molecule has 2 aliphatic rings. The third-order valence-electron chi connectivity index (χ3n) is 5.85. The Kier molecular flexibility index (Phi) is 9.82. The fourth-order valence-electron chi connectivity index (χ4n) is 4.16. The van der Waals surface area contributed by atoms with Crippen molar-refractivity contribution in [2.24, 2.45) is 11.8 Å². The van der Waals surface area contributed by atoms with Crippen LogP contribution in [0.1, 0.15) is 72.1 Å². The first kappa shape index (κ1) is 22.7. The molecule has 2 saturated heterocycles. The number of hydrogen-bond acceptors (Lipinski definition) is 4. The van der Waals surface area contributed by atoms with Gasteiger partial charge in [-0.1, -0.05) is 45.3 Å². The second-order valence-electron chi connectivity index (χ2n) is 8.04. The highest BCUT2D eigenvalue weighted by molar-refractivity contribution is 5.83. The highest BCUT2D eigenvalue weighted by atomic mass is 16.6. The SMILES string of the molecule is CCCCC=CC[C@H]1[C@@H](CNC(=O)[C@@H](C)OC(=O)NCCCC)[C@H]2CC[C@@H]1O2. The fraction of sp³-hybridized carbons (Fsp3) is 0.818. The minimum Gasteiger partial charge on any atom is -0.436 e. The monoisotopic (exact) mass is 394 g/mol. The molecule has 0 unspecified atom stereocenters. The van der Waals surface area contributed by atoms with Crippen LogP contribution >= 0.6 is 0 Å². The summed E-state index contributed by atoms with van der Waals surface area (Å²) >= 11 is 0. The van der Waals surface area contributed by atoms with Gasteiger partial charge < -0.3 is 20.1 Å². The largest absolute Gasteiger partial charge is 0.436 e. The van der Waals surface area contributed by atoms with Crippen LogP contribution in [0.4, 0.5) is 4.79 Å². The van der Waals surface area contributed by atoms with E-state index in [1.165, 1.54) is 12.8 Å². The standard InChI is InChI=1S/C22H38N2O4/c1-4-6-8-9-10-11-17-18(20-13-12-19(17)28-20)15-24-21(25)16(3)27-22(26)23-14-7-5-2/h9-10,16-20H,4-8,11-15H2,1-3H3,(H,23,26)(H,24,25)/t16-,17+,18-,19+,20-/m1/s1. The molecule has 0 aromatic heterocycles. The van der Waals surface area contributed by atoms with Crippen molar-refractivity contribution in [1.82, 2.24) is 10.6 Å². The van der Waals surface area contributed by atoms with Crippen molar-refractivity contribution >= 4 is 12.0 Å². The Hall–Kier alpha value is -1.56. The highest BCUT2D eigenvalue weighted by Gasteiger charge is 2.48. The van der Waals surface area contributed by atoms with Crippen LogP contribution in [0.2, 0.25) is 0 Å². The highest BCUT2D eigenvalue weighted by Crippen LogP contribution is 2.44. The van der Waals surface area contributed by atoms with E-state index in [9.17, 15) is 9.59 Å². The lowest BCUT2D eigenvalue weighted by Crippen LogP contribution is -2.43. The number of unbranched alkanes of at least 4 members (excludes halogenated alkanes) is 3. The van der Waals surface area contributed by atoms with Gasteiger partial charge in [0.1, 0.15) is 0 Å². The Balaban J connectivity index is 1.75. The maximum atomic E-state index is 12.3. The van der Waals surface area contributed by atoms with Gasteiger partial charge in [0.05, 0.1) is 12.2 Å². The molecule has 0 aromatic carbocycles. The van der Waals surface area contributed by atoms with E-state index in [1.807, 2.05) is 0 Å². The van der Waals surface area contributed by atoms with Crippen molar-refractivity contribution < 1.29 is 19.1 Å². The summed E-state index contributed by atoms with van der Waals surface area (Å²) in [7, 11) is 0. The number of allylic oxidation sites excluding steroid dienone is 2. The Morgan fingerprint density at radius 1 is 1.07 bits per heavy atom. The fourth-order valence-corrected chi connectivity index (χ4v) is 4.16. The zero-order valence-electron chi connectivity index (χ0n) is 17.7. The quantitative estimate of drug-likeness (QED) is 0.388. The average molecular weight is 395 g/mol. The second-order valence-corrected chi connectivity index (χ2v) is 8.04. The predicted molar refractivity (Wildman–Crippen MR) is 110 cm³/mol. The molecule has 5 atom stereocenters. The molecule has 2 rings (SSSR count). The molecule has 0 spiro atoms. The minimum absolute atomic E-state index is 0.243. The van der Waals surface area contributed by atoms with Crippen LogP contribution < -0.4 is 10.6 Å². The number of nitrogens with one attached hydrogen (secondary N) is 2. The molecule has 2 heterocycles. The number of hydrogen-bond donors (Lipinski definition) is 2. The lowest BCUT2D eigenvalue weighted by molar-refractivity contribution is -0.129. The molecule has 2 N–H and O–H groups in total. The van der Waals surface area contributed by atoms with Crippen LogP contribution in [0.3, 0.4) is 0 Å². The summed E-state index contributed by atoms with van der Waals surface area (Å²) < 4.78 is 11.3. The van der Waals surface area contributed by atoms with Gasteiger partial charge in [-0.25, -0.2) is 4.79 Å². The predicted octanol–water partition coefficient (Wildman–Crippen LogP) is 3.95. The number of alkyl carbamates (subject to hydrolysis) is 1. The summed E-state index contributed by atoms with van der Waals surface area (Å²) in [5.41, 5.74) is 0. The topological polar surface area (TPSA) is 76.7 Å². The molecule has 6 nitrogen and oxygen atoms in total. The number of rotatable bonds is 12. The maximum absolute atomic E-state index is 12.3. The molecule has 2 bridgehead atoms. The zero-order valence-corrected chi connectivity index (χ0v) is 17.7. The number of ether oxygens (including phenoxy) is 2. The Bertz CT molecular complexity index is 523. The molecule has 2 fully saturated rings. The Labute approximate surface area is 169 Å². The number of carbonyl (C=O) groups is 2. The summed E-state index contributed by atoms with van der Waals surface area (Å²) in [5.74, 6) is 0.556. The van der Waals surface area contributed by atoms with Gasteiger partial charge in [0.2, 0.25) is 0 Å². The van der Waals surface area contributed by atoms with Gasteiger partial charge >= 0.3 is 6.09 Å². The van der Waals surface area contributed by atoms with Gasteiger partial charge in [-0.15, -0.1) is 0 Å². The van der Waals surface area contributed by atoms with E-state index >= 15 is 0 Å². The Morgan fingerprint density at radius 2 is 1.79 bits per heavy atom. The normalized spacial score (nSPS) is 27.1. The van der Waals surface area contributed by atoms with E-state index in [2.05, 4.69) is 36.6 Å². The number of carbonyl (C=O) groups excluding carboxylic acids is 2. The third-order valence-corrected chi connectivity index (χ3v) is 5.85. The zero-order chi connectivity index (χ0) is 20.4. The average Bonchev–Trinajstić information content (AvgIpc) is 3.28. The summed E-state index contributed by atoms with van der Waals surface area (Å²) in [6.45, 7) is 7.02. The van der Waals surface area contributed by atoms with Crippen molar-refractivity contribution in [3.63, 3.8) is 0 Å². The molecular weight excluding hydrogens is 356 g/mol. The minimum atomic E-state index is -0.798. The van der Waals surface area contributed by atoms with Gasteiger partial charge in [0.25, 0.3) is 5.91 Å². The third kappa shape index (κ3) is 6.80. The molecule has 6 heteroatoms. The lowest BCUT2D eigenvalue weighted by Gasteiger charge is -2.27. The molecule has 0 saturated carbocycles. The first-order valence-corrected chi connectivity index (χ1v) is 11.1. The molecule has 2 aliphatic heterocycles. The molecule has 2 amide bonds. The smallest absolute Gasteiger partial charge is 0.407 e. The van der Waals surface area contributed by atoms with Crippen molar-refractivity contribution in [2.75, 3.05) is 13.1 Å². The summed E-state index contributed by atoms with van der Waals surface area (Å²) in [4.78, 5) is 24.0. The van der Waals surface area contributed by atoms with Crippen LogP contribution in [-0.2, 0) is 14.3 Å². The van der Waals surface area contributed by atoms with Gasteiger partial charge in [-0.2, -0.15) is 0 Å². The molecule has 0 aromatic rings. The summed E-state index contributed by atoms with van der Waals surface area (Å²) in [6, 6.07) is 0. The van der Waals surface area contributed by atoms with Crippen LogP contribution in [0.5, 0.6) is 0 Å². The first-order chi connectivity index (χ1) is 13.6. The molecule has 0 radical (unpaired) electrons. The van der Waals surface area contributed by atoms with E-state index in [1.54, 1.807) is 6.92 Å². The molecule has 160 valence electrons. The van der Waals surface area contributed by atoms with E-state index in [0.29, 0.717) is 31.0 Å². The second kappa shape index (κ2) is 12.1. The molecule has 0 aliphatic carbocycles. The van der Waals surface area contributed by atoms with E-state index in [4.69, 9.17) is 9.47 Å². The van der Waals surface area contributed by atoms with E-state index < -0.39 is 12.2 Å².